The molecule has 1 heterocycles. The highest BCUT2D eigenvalue weighted by molar-refractivity contribution is 5.68. The van der Waals surface area contributed by atoms with Crippen LogP contribution in [0.2, 0.25) is 0 Å². The van der Waals surface area contributed by atoms with Gasteiger partial charge < -0.3 is 10.6 Å². The summed E-state index contributed by atoms with van der Waals surface area (Å²) in [4.78, 5) is 19.6. The first-order valence-corrected chi connectivity index (χ1v) is 4.59. The summed E-state index contributed by atoms with van der Waals surface area (Å²) >= 11 is 0. The molecule has 80 valence electrons. The van der Waals surface area contributed by atoms with Crippen molar-refractivity contribution in [2.45, 2.75) is 18.9 Å². The molecule has 0 radical (unpaired) electrons. The van der Waals surface area contributed by atoms with E-state index in [2.05, 4.69) is 9.97 Å². The first-order chi connectivity index (χ1) is 7.11. The molecule has 0 bridgehead atoms. The highest BCUT2D eigenvalue weighted by Crippen LogP contribution is 2.35. The Hall–Kier alpha value is -1.92. The standard InChI is InChI=1S/C8H11N5O2/c1-12(5-2-3-5)8-6(13(14)15)7(9)10-4-11-8/h4-5H,2-3H2,1H3,(H2,9,10,11). The van der Waals surface area contributed by atoms with Crippen molar-refractivity contribution in [2.24, 2.45) is 0 Å². The van der Waals surface area contributed by atoms with E-state index in [4.69, 9.17) is 5.73 Å². The second-order valence-electron chi connectivity index (χ2n) is 3.53. The van der Waals surface area contributed by atoms with Gasteiger partial charge in [0.1, 0.15) is 6.33 Å². The van der Waals surface area contributed by atoms with Crippen LogP contribution in [0.4, 0.5) is 17.3 Å². The Labute approximate surface area is 86.1 Å². The average molecular weight is 209 g/mol. The molecule has 0 saturated heterocycles. The van der Waals surface area contributed by atoms with Crippen molar-refractivity contribution in [1.29, 1.82) is 0 Å². The Morgan fingerprint density at radius 3 is 2.80 bits per heavy atom. The summed E-state index contributed by atoms with van der Waals surface area (Å²) in [5, 5.41) is 10.8. The van der Waals surface area contributed by atoms with Crippen molar-refractivity contribution in [3.05, 3.63) is 16.4 Å². The molecule has 1 aromatic heterocycles. The van der Waals surface area contributed by atoms with E-state index in [1.165, 1.54) is 6.33 Å². The van der Waals surface area contributed by atoms with Crippen molar-refractivity contribution >= 4 is 17.3 Å². The minimum Gasteiger partial charge on any atom is -0.378 e. The highest BCUT2D eigenvalue weighted by Gasteiger charge is 2.32. The Morgan fingerprint density at radius 2 is 2.27 bits per heavy atom. The maximum Gasteiger partial charge on any atom is 0.353 e. The summed E-state index contributed by atoms with van der Waals surface area (Å²) in [6.45, 7) is 0. The zero-order valence-corrected chi connectivity index (χ0v) is 8.25. The first-order valence-electron chi connectivity index (χ1n) is 4.59. The molecular formula is C8H11N5O2. The van der Waals surface area contributed by atoms with E-state index in [9.17, 15) is 10.1 Å². The summed E-state index contributed by atoms with van der Waals surface area (Å²) < 4.78 is 0. The predicted octanol–water partition coefficient (Wildman–Crippen LogP) is 0.566. The summed E-state index contributed by atoms with van der Waals surface area (Å²) in [6.07, 6.45) is 3.33. The molecule has 0 atom stereocenters. The van der Waals surface area contributed by atoms with E-state index in [0.29, 0.717) is 11.9 Å². The monoisotopic (exact) mass is 209 g/mol. The lowest BCUT2D eigenvalue weighted by Gasteiger charge is -2.16. The molecule has 7 nitrogen and oxygen atoms in total. The third-order valence-corrected chi connectivity index (χ3v) is 2.44. The lowest BCUT2D eigenvalue weighted by molar-refractivity contribution is -0.383. The molecule has 1 fully saturated rings. The smallest absolute Gasteiger partial charge is 0.353 e. The van der Waals surface area contributed by atoms with Crippen LogP contribution in [0.15, 0.2) is 6.33 Å². The molecule has 0 spiro atoms. The van der Waals surface area contributed by atoms with Crippen molar-refractivity contribution in [2.75, 3.05) is 17.7 Å². The van der Waals surface area contributed by atoms with Crippen molar-refractivity contribution in [3.63, 3.8) is 0 Å². The van der Waals surface area contributed by atoms with Crippen LogP contribution in [0.5, 0.6) is 0 Å². The summed E-state index contributed by atoms with van der Waals surface area (Å²) in [5.41, 5.74) is 5.26. The molecule has 7 heteroatoms. The molecule has 15 heavy (non-hydrogen) atoms. The maximum absolute atomic E-state index is 10.8. The van der Waals surface area contributed by atoms with Gasteiger partial charge in [0.15, 0.2) is 0 Å². The molecule has 1 aromatic rings. The van der Waals surface area contributed by atoms with Crippen molar-refractivity contribution in [3.8, 4) is 0 Å². The van der Waals surface area contributed by atoms with E-state index < -0.39 is 4.92 Å². The zero-order valence-electron chi connectivity index (χ0n) is 8.25. The van der Waals surface area contributed by atoms with Gasteiger partial charge in [-0.15, -0.1) is 0 Å². The van der Waals surface area contributed by atoms with Crippen LogP contribution < -0.4 is 10.6 Å². The Bertz CT molecular complexity index is 404. The van der Waals surface area contributed by atoms with E-state index in [0.717, 1.165) is 12.8 Å². The fourth-order valence-corrected chi connectivity index (χ4v) is 1.45. The molecule has 0 unspecified atom stereocenters. The molecule has 2 rings (SSSR count). The fraction of sp³-hybridized carbons (Fsp3) is 0.500. The minimum atomic E-state index is -0.538. The lowest BCUT2D eigenvalue weighted by Crippen LogP contribution is -2.22. The van der Waals surface area contributed by atoms with Gasteiger partial charge in [-0.1, -0.05) is 0 Å². The van der Waals surface area contributed by atoms with Crippen LogP contribution in [-0.4, -0.2) is 28.0 Å². The van der Waals surface area contributed by atoms with Gasteiger partial charge in [0.05, 0.1) is 4.92 Å². The molecule has 1 aliphatic carbocycles. The quantitative estimate of drug-likeness (QED) is 0.577. The number of hydrogen-bond acceptors (Lipinski definition) is 6. The van der Waals surface area contributed by atoms with Gasteiger partial charge in [0.25, 0.3) is 0 Å². The van der Waals surface area contributed by atoms with Crippen molar-refractivity contribution < 1.29 is 4.92 Å². The topological polar surface area (TPSA) is 98.2 Å². The highest BCUT2D eigenvalue weighted by atomic mass is 16.6. The summed E-state index contributed by atoms with van der Waals surface area (Å²) in [5.74, 6) is 0.215. The Kier molecular flexibility index (Phi) is 2.14. The molecular weight excluding hydrogens is 198 g/mol. The van der Waals surface area contributed by atoms with Crippen LogP contribution in [0, 0.1) is 10.1 Å². The normalized spacial score (nSPS) is 15.0. The van der Waals surface area contributed by atoms with E-state index in [1.807, 2.05) is 0 Å². The van der Waals surface area contributed by atoms with Gasteiger partial charge >= 0.3 is 5.69 Å². The SMILES string of the molecule is CN(c1ncnc(N)c1[N+](=O)[O-])C1CC1. The maximum atomic E-state index is 10.8. The molecule has 1 saturated carbocycles. The number of hydrogen-bond donors (Lipinski definition) is 1. The van der Waals surface area contributed by atoms with Crippen LogP contribution in [0.3, 0.4) is 0 Å². The number of nitrogens with zero attached hydrogens (tertiary/aromatic N) is 4. The van der Waals surface area contributed by atoms with Gasteiger partial charge in [-0.05, 0) is 12.8 Å². The van der Waals surface area contributed by atoms with E-state index >= 15 is 0 Å². The third kappa shape index (κ3) is 1.67. The Balaban J connectivity index is 2.44. The lowest BCUT2D eigenvalue weighted by atomic mass is 10.4. The number of rotatable bonds is 3. The molecule has 0 aromatic carbocycles. The molecule has 1 aliphatic rings. The average Bonchev–Trinajstić information content (AvgIpc) is 2.98. The molecule has 0 aliphatic heterocycles. The van der Waals surface area contributed by atoms with Gasteiger partial charge in [-0.2, -0.15) is 0 Å². The predicted molar refractivity (Wildman–Crippen MR) is 54.5 cm³/mol. The van der Waals surface area contributed by atoms with Gasteiger partial charge in [0.2, 0.25) is 11.6 Å². The van der Waals surface area contributed by atoms with Gasteiger partial charge in [-0.25, -0.2) is 9.97 Å². The number of nitrogen functional groups attached to an aromatic ring is 1. The number of nitro groups is 1. The van der Waals surface area contributed by atoms with Gasteiger partial charge in [0, 0.05) is 13.1 Å². The first kappa shape index (κ1) is 9.63. The minimum absolute atomic E-state index is 0.0856. The molecule has 0 amide bonds. The largest absolute Gasteiger partial charge is 0.378 e. The number of nitrogens with two attached hydrogens (primary N) is 1. The second kappa shape index (κ2) is 3.34. The zero-order chi connectivity index (χ0) is 11.0. The van der Waals surface area contributed by atoms with Crippen LogP contribution >= 0.6 is 0 Å². The fourth-order valence-electron chi connectivity index (χ4n) is 1.45. The number of anilines is 2. The Morgan fingerprint density at radius 1 is 1.60 bits per heavy atom. The molecule has 2 N–H and O–H groups in total. The van der Waals surface area contributed by atoms with Crippen molar-refractivity contribution in [1.82, 2.24) is 9.97 Å². The van der Waals surface area contributed by atoms with E-state index in [-0.39, 0.29) is 11.5 Å². The van der Waals surface area contributed by atoms with E-state index in [1.54, 1.807) is 11.9 Å². The third-order valence-electron chi connectivity index (χ3n) is 2.44. The summed E-state index contributed by atoms with van der Waals surface area (Å²) in [7, 11) is 1.78. The van der Waals surface area contributed by atoms with Gasteiger partial charge in [-0.3, -0.25) is 10.1 Å². The second-order valence-corrected chi connectivity index (χ2v) is 3.53. The van der Waals surface area contributed by atoms with Crippen LogP contribution in [0.1, 0.15) is 12.8 Å². The summed E-state index contributed by atoms with van der Waals surface area (Å²) in [6, 6.07) is 0.345. The van der Waals surface area contributed by atoms with Crippen LogP contribution in [0.25, 0.3) is 0 Å². The number of aromatic nitrogens is 2. The van der Waals surface area contributed by atoms with Crippen LogP contribution in [-0.2, 0) is 0 Å².